The van der Waals surface area contributed by atoms with Crippen molar-refractivity contribution >= 4 is 0 Å². The molecule has 0 atom stereocenters. The smallest absolute Gasteiger partial charge is 0.241 e. The highest BCUT2D eigenvalue weighted by molar-refractivity contribution is 4.56. The first-order valence-corrected chi connectivity index (χ1v) is 4.61. The number of rotatable bonds is 5. The summed E-state index contributed by atoms with van der Waals surface area (Å²) in [4.78, 5) is 5.45. The van der Waals surface area contributed by atoms with Crippen molar-refractivity contribution in [3.63, 3.8) is 0 Å². The molecular formula is C9H18N3+. The molecule has 0 aliphatic heterocycles. The molecule has 0 unspecified atom stereocenters. The maximum atomic E-state index is 3.03. The van der Waals surface area contributed by atoms with Gasteiger partial charge < -0.3 is 0 Å². The second-order valence-electron chi connectivity index (χ2n) is 2.88. The Balaban J connectivity index is 2.25. The molecule has 0 radical (unpaired) electrons. The van der Waals surface area contributed by atoms with Gasteiger partial charge in [0.2, 0.25) is 6.33 Å². The molecule has 1 N–H and O–H groups in total. The molecule has 1 aromatic rings. The molecule has 0 aliphatic carbocycles. The molecular weight excluding hydrogens is 150 g/mol. The molecule has 3 nitrogen and oxygen atoms in total. The van der Waals surface area contributed by atoms with Crippen molar-refractivity contribution in [2.24, 2.45) is 0 Å². The van der Waals surface area contributed by atoms with Crippen LogP contribution in [-0.4, -0.2) is 29.5 Å². The molecule has 1 heterocycles. The van der Waals surface area contributed by atoms with E-state index in [1.54, 1.807) is 0 Å². The van der Waals surface area contributed by atoms with Crippen molar-refractivity contribution in [3.8, 4) is 0 Å². The predicted octanol–water partition coefficient (Wildman–Crippen LogP) is 0.644. The molecule has 0 bridgehead atoms. The van der Waals surface area contributed by atoms with E-state index >= 15 is 0 Å². The number of hydrogen-bond acceptors (Lipinski definition) is 1. The minimum atomic E-state index is 1.07. The van der Waals surface area contributed by atoms with Crippen molar-refractivity contribution in [1.29, 1.82) is 0 Å². The zero-order chi connectivity index (χ0) is 8.81. The van der Waals surface area contributed by atoms with E-state index in [9.17, 15) is 0 Å². The van der Waals surface area contributed by atoms with Gasteiger partial charge in [-0.1, -0.05) is 13.8 Å². The maximum Gasteiger partial charge on any atom is 0.241 e. The minimum absolute atomic E-state index is 1.07. The average molecular weight is 168 g/mol. The molecule has 1 aromatic heterocycles. The van der Waals surface area contributed by atoms with Crippen molar-refractivity contribution in [2.75, 3.05) is 19.6 Å². The van der Waals surface area contributed by atoms with Crippen LogP contribution in [0.15, 0.2) is 18.7 Å². The molecule has 0 aromatic carbocycles. The summed E-state index contributed by atoms with van der Waals surface area (Å²) in [5.74, 6) is 0. The molecule has 1 rings (SSSR count). The molecule has 0 spiro atoms. The number of likely N-dealkylation sites (N-methyl/N-ethyl adjacent to an activating group) is 1. The molecule has 0 amide bonds. The van der Waals surface area contributed by atoms with Gasteiger partial charge in [0.25, 0.3) is 0 Å². The van der Waals surface area contributed by atoms with Crippen LogP contribution in [0.3, 0.4) is 0 Å². The predicted molar refractivity (Wildman–Crippen MR) is 48.8 cm³/mol. The van der Waals surface area contributed by atoms with Crippen molar-refractivity contribution in [3.05, 3.63) is 18.7 Å². The van der Waals surface area contributed by atoms with E-state index in [2.05, 4.69) is 34.5 Å². The van der Waals surface area contributed by atoms with E-state index in [4.69, 9.17) is 0 Å². The van der Waals surface area contributed by atoms with Crippen molar-refractivity contribution in [1.82, 2.24) is 9.88 Å². The Morgan fingerprint density at radius 1 is 1.33 bits per heavy atom. The van der Waals surface area contributed by atoms with Gasteiger partial charge in [0.05, 0.1) is 0 Å². The van der Waals surface area contributed by atoms with Crippen LogP contribution in [0, 0.1) is 0 Å². The largest absolute Gasteiger partial charge is 0.300 e. The summed E-state index contributed by atoms with van der Waals surface area (Å²) in [6.07, 6.45) is 6.00. The van der Waals surface area contributed by atoms with Gasteiger partial charge in [-0.3, -0.25) is 9.88 Å². The van der Waals surface area contributed by atoms with Crippen LogP contribution >= 0.6 is 0 Å². The summed E-state index contributed by atoms with van der Waals surface area (Å²) in [5, 5.41) is 0. The second-order valence-corrected chi connectivity index (χ2v) is 2.88. The topological polar surface area (TPSA) is 22.9 Å². The Morgan fingerprint density at radius 2 is 2.08 bits per heavy atom. The number of imidazole rings is 1. The molecule has 0 fully saturated rings. The summed E-state index contributed by atoms with van der Waals surface area (Å²) >= 11 is 0. The number of aromatic amines is 1. The van der Waals surface area contributed by atoms with Crippen LogP contribution in [0.4, 0.5) is 0 Å². The highest BCUT2D eigenvalue weighted by atomic mass is 15.1. The lowest BCUT2D eigenvalue weighted by Crippen LogP contribution is -2.38. The van der Waals surface area contributed by atoms with Gasteiger partial charge in [0.1, 0.15) is 18.9 Å². The number of nitrogens with one attached hydrogen (secondary N) is 1. The Hall–Kier alpha value is -0.830. The average Bonchev–Trinajstić information content (AvgIpc) is 2.59. The lowest BCUT2D eigenvalue weighted by molar-refractivity contribution is -0.695. The van der Waals surface area contributed by atoms with E-state index in [-0.39, 0.29) is 0 Å². The zero-order valence-corrected chi connectivity index (χ0v) is 7.95. The van der Waals surface area contributed by atoms with E-state index < -0.39 is 0 Å². The van der Waals surface area contributed by atoms with Gasteiger partial charge in [-0.25, -0.2) is 4.57 Å². The number of nitrogens with zero attached hydrogens (tertiary/aromatic N) is 2. The van der Waals surface area contributed by atoms with E-state index in [1.807, 2.05) is 12.5 Å². The van der Waals surface area contributed by atoms with Gasteiger partial charge in [-0.05, 0) is 13.1 Å². The fraction of sp³-hybridized carbons (Fsp3) is 0.667. The first-order chi connectivity index (χ1) is 5.86. The number of H-pyrrole nitrogens is 1. The molecule has 0 saturated carbocycles. The Kier molecular flexibility index (Phi) is 3.80. The third-order valence-corrected chi connectivity index (χ3v) is 2.17. The lowest BCUT2D eigenvalue weighted by Gasteiger charge is -2.15. The Bertz CT molecular complexity index is 190. The summed E-state index contributed by atoms with van der Waals surface area (Å²) < 4.78 is 2.16. The molecule has 68 valence electrons. The zero-order valence-electron chi connectivity index (χ0n) is 7.95. The van der Waals surface area contributed by atoms with Crippen LogP contribution in [0.25, 0.3) is 0 Å². The number of aromatic nitrogens is 2. The third-order valence-electron chi connectivity index (χ3n) is 2.17. The van der Waals surface area contributed by atoms with Gasteiger partial charge in [-0.15, -0.1) is 0 Å². The summed E-state index contributed by atoms with van der Waals surface area (Å²) in [5.41, 5.74) is 0. The normalized spacial score (nSPS) is 10.9. The Morgan fingerprint density at radius 3 is 2.58 bits per heavy atom. The van der Waals surface area contributed by atoms with Crippen LogP contribution < -0.4 is 4.57 Å². The van der Waals surface area contributed by atoms with E-state index in [1.165, 1.54) is 0 Å². The van der Waals surface area contributed by atoms with E-state index in [0.717, 1.165) is 26.2 Å². The summed E-state index contributed by atoms with van der Waals surface area (Å²) in [6.45, 7) is 8.89. The van der Waals surface area contributed by atoms with Crippen LogP contribution in [0.1, 0.15) is 13.8 Å². The van der Waals surface area contributed by atoms with Gasteiger partial charge in [0.15, 0.2) is 0 Å². The van der Waals surface area contributed by atoms with Gasteiger partial charge in [0, 0.05) is 6.54 Å². The van der Waals surface area contributed by atoms with Gasteiger partial charge >= 0.3 is 0 Å². The van der Waals surface area contributed by atoms with Crippen molar-refractivity contribution < 1.29 is 4.57 Å². The molecule has 3 heteroatoms. The number of hydrogen-bond donors (Lipinski definition) is 1. The third kappa shape index (κ3) is 2.66. The van der Waals surface area contributed by atoms with Crippen LogP contribution in [-0.2, 0) is 6.54 Å². The fourth-order valence-electron chi connectivity index (χ4n) is 1.26. The highest BCUT2D eigenvalue weighted by Gasteiger charge is 2.01. The van der Waals surface area contributed by atoms with E-state index in [0.29, 0.717) is 0 Å². The van der Waals surface area contributed by atoms with Crippen molar-refractivity contribution in [2.45, 2.75) is 20.4 Å². The van der Waals surface area contributed by atoms with Crippen LogP contribution in [0.5, 0.6) is 0 Å². The minimum Gasteiger partial charge on any atom is -0.300 e. The lowest BCUT2D eigenvalue weighted by atomic mass is 10.4. The first-order valence-electron chi connectivity index (χ1n) is 4.61. The SMILES string of the molecule is CCN(CC)CC[n+]1cc[nH]c1. The molecule has 0 aliphatic rings. The molecule has 12 heavy (non-hydrogen) atoms. The van der Waals surface area contributed by atoms with Crippen LogP contribution in [0.2, 0.25) is 0 Å². The summed E-state index contributed by atoms with van der Waals surface area (Å²) in [7, 11) is 0. The highest BCUT2D eigenvalue weighted by Crippen LogP contribution is 1.85. The Labute approximate surface area is 74.0 Å². The fourth-order valence-corrected chi connectivity index (χ4v) is 1.26. The van der Waals surface area contributed by atoms with Gasteiger partial charge in [-0.2, -0.15) is 0 Å². The maximum absolute atomic E-state index is 3.03. The second kappa shape index (κ2) is 4.93. The quantitative estimate of drug-likeness (QED) is 0.641. The first kappa shape index (κ1) is 9.26. The monoisotopic (exact) mass is 168 g/mol. The molecule has 0 saturated heterocycles. The summed E-state index contributed by atoms with van der Waals surface area (Å²) in [6, 6.07) is 0. The standard InChI is InChI=1S/C9H17N3/c1-3-11(4-2)7-8-12-6-5-10-9-12/h5-6,9H,3-4,7-8H2,1-2H3/p+1.